The minimum Gasteiger partial charge on any atom is -0.444 e. The van der Waals surface area contributed by atoms with Crippen LogP contribution in [0.4, 0.5) is 9.59 Å². The molecule has 0 bridgehead atoms. The lowest BCUT2D eigenvalue weighted by Gasteiger charge is -2.52. The van der Waals surface area contributed by atoms with Gasteiger partial charge in [-0.05, 0) is 95.2 Å². The van der Waals surface area contributed by atoms with Gasteiger partial charge in [0.15, 0.2) is 0 Å². The summed E-state index contributed by atoms with van der Waals surface area (Å²) in [5.41, 5.74) is 2.51. The molecule has 306 valence electrons. The largest absolute Gasteiger partial charge is 0.444 e. The third-order valence-electron chi connectivity index (χ3n) is 11.1. The van der Waals surface area contributed by atoms with E-state index in [-0.39, 0.29) is 30.5 Å². The predicted octanol–water partition coefficient (Wildman–Crippen LogP) is 6.89. The molecular weight excluding hydrogens is 742 g/mol. The van der Waals surface area contributed by atoms with Gasteiger partial charge in [0, 0.05) is 62.7 Å². The standard InChI is InChI=1S/C45H58ClN5O6/c1-43(2,3)56-41(54)49-22-20-45(21-23-49,30-33-12-8-7-9-13-33)50-26-24-48(25-27-50)40(53)37(28-32-16-18-36(46)19-17-32)47-39(52)38-29-34-14-10-11-15-35(34)31-51(38)42(55)57-44(4,5)6/h7-19,37-38H,20-31H2,1-6H3,(H,47,52)/t37-,38-/m1/s1. The van der Waals surface area contributed by atoms with E-state index >= 15 is 0 Å². The van der Waals surface area contributed by atoms with Crippen molar-refractivity contribution < 1.29 is 28.7 Å². The highest BCUT2D eigenvalue weighted by molar-refractivity contribution is 6.30. The van der Waals surface area contributed by atoms with Crippen LogP contribution in [0.25, 0.3) is 0 Å². The molecule has 57 heavy (non-hydrogen) atoms. The first kappa shape index (κ1) is 42.0. The van der Waals surface area contributed by atoms with Crippen LogP contribution in [0.3, 0.4) is 0 Å². The molecular formula is C45H58ClN5O6. The molecule has 3 aliphatic rings. The van der Waals surface area contributed by atoms with Crippen LogP contribution in [-0.4, -0.2) is 112 Å². The average Bonchev–Trinajstić information content (AvgIpc) is 3.17. The number of nitrogens with one attached hydrogen (secondary N) is 1. The number of hydrogen-bond acceptors (Lipinski definition) is 7. The van der Waals surface area contributed by atoms with Crippen LogP contribution in [0.15, 0.2) is 78.9 Å². The molecule has 2 fully saturated rings. The number of likely N-dealkylation sites (tertiary alicyclic amines) is 1. The van der Waals surface area contributed by atoms with Crippen LogP contribution in [0.5, 0.6) is 0 Å². The summed E-state index contributed by atoms with van der Waals surface area (Å²) < 4.78 is 11.5. The van der Waals surface area contributed by atoms with Crippen molar-refractivity contribution in [2.75, 3.05) is 39.3 Å². The molecule has 0 saturated carbocycles. The van der Waals surface area contributed by atoms with E-state index in [1.807, 2.05) is 73.0 Å². The summed E-state index contributed by atoms with van der Waals surface area (Å²) in [6, 6.07) is 23.8. The first-order chi connectivity index (χ1) is 27.0. The van der Waals surface area contributed by atoms with Gasteiger partial charge < -0.3 is 24.6 Å². The summed E-state index contributed by atoms with van der Waals surface area (Å²) in [5.74, 6) is -0.574. The SMILES string of the molecule is CC(C)(C)OC(=O)N1CCC(Cc2ccccc2)(N2CCN(C(=O)[C@@H](Cc3ccc(Cl)cc3)NC(=O)[C@H]3Cc4ccccc4CN3C(=O)OC(C)(C)C)CC2)CC1. The molecule has 6 rings (SSSR count). The van der Waals surface area contributed by atoms with Gasteiger partial charge in [0.25, 0.3) is 0 Å². The summed E-state index contributed by atoms with van der Waals surface area (Å²) in [4.78, 5) is 63.1. The smallest absolute Gasteiger partial charge is 0.411 e. The molecule has 1 N–H and O–H groups in total. The Balaban J connectivity index is 1.19. The molecule has 3 aromatic rings. The molecule has 0 spiro atoms. The van der Waals surface area contributed by atoms with Crippen molar-refractivity contribution in [1.29, 1.82) is 0 Å². The number of hydrogen-bond donors (Lipinski definition) is 1. The van der Waals surface area contributed by atoms with E-state index in [1.54, 1.807) is 32.9 Å². The van der Waals surface area contributed by atoms with E-state index in [0.29, 0.717) is 50.7 Å². The summed E-state index contributed by atoms with van der Waals surface area (Å²) >= 11 is 6.22. The van der Waals surface area contributed by atoms with Gasteiger partial charge in [-0.3, -0.25) is 19.4 Å². The highest BCUT2D eigenvalue weighted by atomic mass is 35.5. The van der Waals surface area contributed by atoms with Crippen molar-refractivity contribution in [2.24, 2.45) is 0 Å². The van der Waals surface area contributed by atoms with E-state index < -0.39 is 35.3 Å². The van der Waals surface area contributed by atoms with Crippen LogP contribution in [-0.2, 0) is 44.9 Å². The summed E-state index contributed by atoms with van der Waals surface area (Å²) in [5, 5.41) is 3.68. The number of carbonyl (C=O) groups is 4. The van der Waals surface area contributed by atoms with Crippen molar-refractivity contribution in [3.05, 3.63) is 106 Å². The lowest BCUT2D eigenvalue weighted by molar-refractivity contribution is -0.140. The first-order valence-electron chi connectivity index (χ1n) is 20.2. The Morgan fingerprint density at radius 3 is 1.91 bits per heavy atom. The van der Waals surface area contributed by atoms with Crippen LogP contribution >= 0.6 is 11.6 Å². The molecule has 0 aromatic heterocycles. The Bertz CT molecular complexity index is 1880. The Kier molecular flexibility index (Phi) is 12.9. The number of nitrogens with zero attached hydrogens (tertiary/aromatic N) is 4. The molecule has 4 amide bonds. The van der Waals surface area contributed by atoms with Crippen molar-refractivity contribution in [3.63, 3.8) is 0 Å². The van der Waals surface area contributed by atoms with Crippen molar-refractivity contribution in [3.8, 4) is 0 Å². The van der Waals surface area contributed by atoms with E-state index in [2.05, 4.69) is 34.5 Å². The van der Waals surface area contributed by atoms with Gasteiger partial charge in [0.05, 0.1) is 6.54 Å². The van der Waals surface area contributed by atoms with Gasteiger partial charge in [-0.2, -0.15) is 0 Å². The van der Waals surface area contributed by atoms with Crippen LogP contribution in [0.2, 0.25) is 5.02 Å². The topological polar surface area (TPSA) is 112 Å². The predicted molar refractivity (Wildman–Crippen MR) is 221 cm³/mol. The molecule has 0 aliphatic carbocycles. The van der Waals surface area contributed by atoms with Gasteiger partial charge in [-0.25, -0.2) is 9.59 Å². The Labute approximate surface area is 342 Å². The minimum atomic E-state index is -0.877. The number of rotatable bonds is 8. The second-order valence-corrected chi connectivity index (χ2v) is 18.1. The summed E-state index contributed by atoms with van der Waals surface area (Å²) in [6.45, 7) is 14.7. The number of amides is 4. The highest BCUT2D eigenvalue weighted by Crippen LogP contribution is 2.35. The number of carbonyl (C=O) groups excluding carboxylic acids is 4. The number of fused-ring (bicyclic) bond motifs is 1. The van der Waals surface area contributed by atoms with Gasteiger partial charge in [-0.1, -0.05) is 78.3 Å². The number of piperidine rings is 1. The monoisotopic (exact) mass is 799 g/mol. The fraction of sp³-hybridized carbons (Fsp3) is 0.511. The number of benzene rings is 3. The maximum atomic E-state index is 14.6. The van der Waals surface area contributed by atoms with E-state index in [4.69, 9.17) is 21.1 Å². The average molecular weight is 800 g/mol. The lowest BCUT2D eigenvalue weighted by atomic mass is 9.79. The maximum absolute atomic E-state index is 14.6. The quantitative estimate of drug-likeness (QED) is 0.265. The molecule has 3 heterocycles. The number of ether oxygens (including phenoxy) is 2. The van der Waals surface area contributed by atoms with Crippen LogP contribution in [0.1, 0.15) is 76.6 Å². The fourth-order valence-corrected chi connectivity index (χ4v) is 8.35. The van der Waals surface area contributed by atoms with Gasteiger partial charge in [0.1, 0.15) is 23.3 Å². The fourth-order valence-electron chi connectivity index (χ4n) is 8.23. The van der Waals surface area contributed by atoms with Crippen molar-refractivity contribution in [1.82, 2.24) is 24.9 Å². The third kappa shape index (κ3) is 10.9. The van der Waals surface area contributed by atoms with Crippen LogP contribution in [0, 0.1) is 0 Å². The molecule has 2 atom stereocenters. The first-order valence-corrected chi connectivity index (χ1v) is 20.5. The molecule has 3 aliphatic heterocycles. The Morgan fingerprint density at radius 2 is 1.30 bits per heavy atom. The summed E-state index contributed by atoms with van der Waals surface area (Å²) in [6.07, 6.45) is 2.10. The zero-order valence-electron chi connectivity index (χ0n) is 34.3. The van der Waals surface area contributed by atoms with E-state index in [0.717, 1.165) is 36.0 Å². The highest BCUT2D eigenvalue weighted by Gasteiger charge is 2.44. The third-order valence-corrected chi connectivity index (χ3v) is 11.4. The molecule has 2 saturated heterocycles. The van der Waals surface area contributed by atoms with Gasteiger partial charge in [0.2, 0.25) is 11.8 Å². The Morgan fingerprint density at radius 1 is 0.719 bits per heavy atom. The zero-order chi connectivity index (χ0) is 41.0. The van der Waals surface area contributed by atoms with Gasteiger partial charge >= 0.3 is 12.2 Å². The van der Waals surface area contributed by atoms with Gasteiger partial charge in [-0.15, -0.1) is 0 Å². The minimum absolute atomic E-state index is 0.171. The normalized spacial score (nSPS) is 19.3. The summed E-state index contributed by atoms with van der Waals surface area (Å²) in [7, 11) is 0. The molecule has 11 nitrogen and oxygen atoms in total. The molecule has 0 unspecified atom stereocenters. The second-order valence-electron chi connectivity index (χ2n) is 17.7. The van der Waals surface area contributed by atoms with E-state index in [9.17, 15) is 19.2 Å². The van der Waals surface area contributed by atoms with Crippen molar-refractivity contribution >= 4 is 35.6 Å². The second kappa shape index (κ2) is 17.5. The lowest BCUT2D eigenvalue weighted by Crippen LogP contribution is -2.64. The molecule has 3 aromatic carbocycles. The zero-order valence-corrected chi connectivity index (χ0v) is 35.0. The molecule has 12 heteroatoms. The van der Waals surface area contributed by atoms with E-state index in [1.165, 1.54) is 10.5 Å². The van der Waals surface area contributed by atoms with Crippen molar-refractivity contribution in [2.45, 2.75) is 109 Å². The number of halogens is 1. The maximum Gasteiger partial charge on any atom is 0.411 e. The molecule has 0 radical (unpaired) electrons. The number of piperazine rings is 1. The Hall–Kier alpha value is -4.61. The van der Waals surface area contributed by atoms with Crippen LogP contribution < -0.4 is 5.32 Å².